The molecule has 0 spiro atoms. The van der Waals surface area contributed by atoms with E-state index in [1.807, 2.05) is 89.8 Å². The Morgan fingerprint density at radius 1 is 0.511 bits per heavy atom. The molecule has 0 aliphatic carbocycles. The van der Waals surface area contributed by atoms with Gasteiger partial charge in [0, 0.05) is 111 Å². The van der Waals surface area contributed by atoms with Crippen molar-refractivity contribution in [1.82, 2.24) is 29.4 Å². The fraction of sp³-hybridized carbons (Fsp3) is 0.487. The lowest BCUT2D eigenvalue weighted by Crippen LogP contribution is -2.50. The summed E-state index contributed by atoms with van der Waals surface area (Å²) in [6.45, 7) is 24.4. The minimum absolute atomic E-state index is 0.00446. The number of ether oxygens (including phenoxy) is 2. The monoisotopic (exact) mass is 1310 g/mol. The van der Waals surface area contributed by atoms with Crippen molar-refractivity contribution in [1.29, 1.82) is 0 Å². The minimum Gasteiger partial charge on any atom is -0.454 e. The van der Waals surface area contributed by atoms with Gasteiger partial charge in [-0.2, -0.15) is 13.2 Å². The summed E-state index contributed by atoms with van der Waals surface area (Å²) in [5, 5.41) is 9.53. The van der Waals surface area contributed by atoms with Crippen LogP contribution >= 0.6 is 11.6 Å². The molecule has 4 aliphatic rings. The van der Waals surface area contributed by atoms with Gasteiger partial charge in [0.05, 0.1) is 5.56 Å². The normalized spacial score (nSPS) is 16.4. The number of likely N-dealkylation sites (tertiary alicyclic amines) is 3. The van der Waals surface area contributed by atoms with Gasteiger partial charge in [0.25, 0.3) is 0 Å². The third-order valence-electron chi connectivity index (χ3n) is 18.7. The molecule has 3 fully saturated rings. The van der Waals surface area contributed by atoms with Crippen molar-refractivity contribution in [3.63, 3.8) is 0 Å². The predicted molar refractivity (Wildman–Crippen MR) is 375 cm³/mol. The molecule has 14 nitrogen and oxygen atoms in total. The third kappa shape index (κ3) is 22.1. The number of unbranched alkanes of at least 4 members (excludes halogenated alkanes) is 1. The highest BCUT2D eigenvalue weighted by Gasteiger charge is 2.34. The molecule has 0 radical (unpaired) electrons. The summed E-state index contributed by atoms with van der Waals surface area (Å²) in [7, 11) is 0. The number of benzene rings is 6. The van der Waals surface area contributed by atoms with Gasteiger partial charge in [0.15, 0.2) is 11.5 Å². The SMILES string of the molecule is CCCC(C)N1CCC(N(Cc2ccccc2)C(=O)Nc2cccc(C(C)C)c2)CC1.CCCC(C)N1CCC(N(Cc2ccccc2)C(=O)Nc2cccc(Cl)c2)CC1.CCCCN1CCC(N(Cc2ccc3c(c2)OCO3)C(=O)Nc2cccc(C(F)(F)F)c2)CC1. The van der Waals surface area contributed by atoms with Gasteiger partial charge in [-0.25, -0.2) is 14.4 Å². The molecule has 6 amide bonds. The number of carbonyl (C=O) groups is 3. The maximum Gasteiger partial charge on any atom is 0.416 e. The van der Waals surface area contributed by atoms with Crippen molar-refractivity contribution < 1.29 is 37.0 Å². The zero-order chi connectivity index (χ0) is 67.0. The first kappa shape index (κ1) is 72.5. The molecule has 2 atom stereocenters. The molecular weight excluding hydrogens is 1210 g/mol. The number of amides is 6. The Balaban J connectivity index is 0.000000182. The highest BCUT2D eigenvalue weighted by Crippen LogP contribution is 2.35. The van der Waals surface area contributed by atoms with Crippen LogP contribution in [0.4, 0.5) is 44.6 Å². The number of carbonyl (C=O) groups excluding carboxylic acids is 3. The second kappa shape index (κ2) is 36.5. The first-order valence-corrected chi connectivity index (χ1v) is 34.7. The van der Waals surface area contributed by atoms with Crippen molar-refractivity contribution in [2.24, 2.45) is 0 Å². The van der Waals surface area contributed by atoms with Crippen molar-refractivity contribution in [3.8, 4) is 11.5 Å². The van der Waals surface area contributed by atoms with E-state index in [1.54, 1.807) is 11.0 Å². The van der Waals surface area contributed by atoms with E-state index in [2.05, 4.69) is 120 Å². The van der Waals surface area contributed by atoms with Crippen molar-refractivity contribution >= 4 is 46.8 Å². The maximum absolute atomic E-state index is 13.4. The van der Waals surface area contributed by atoms with Gasteiger partial charge in [0.1, 0.15) is 0 Å². The number of hydrogen-bond donors (Lipinski definition) is 3. The molecule has 6 aromatic rings. The van der Waals surface area contributed by atoms with Crippen molar-refractivity contribution in [2.75, 3.05) is 68.6 Å². The molecule has 10 rings (SSSR count). The van der Waals surface area contributed by atoms with Gasteiger partial charge >= 0.3 is 24.3 Å². The van der Waals surface area contributed by atoms with E-state index in [0.29, 0.717) is 54.2 Å². The molecule has 18 heteroatoms. The second-order valence-corrected chi connectivity index (χ2v) is 26.4. The standard InChI is InChI=1S/C27H39N3O.C25H30F3N3O3.C24H32ClN3O/c1-5-10-22(4)29-17-15-26(16-18-29)30(20-23-11-7-6-8-12-23)27(31)28-25-14-9-13-24(19-25)21(2)3;1-2-3-11-30-12-9-21(10-13-30)31(16-18-7-8-22-23(14-18)34-17-33-22)24(32)29-20-6-4-5-19(15-20)25(26,27)28;1-3-8-19(2)27-15-13-23(14-16-27)28(18-20-9-5-4-6-10-20)24(29)26-22-12-7-11-21(25)17-22/h6-9,11-14,19,21-22,26H,5,10,15-18,20H2,1-4H3,(H,28,31);4-8,14-15,21H,2-3,9-13,16-17H2,1H3,(H,29,32);4-7,9-12,17,19,23H,3,8,13-16,18H2,1-2H3,(H,26,29). The van der Waals surface area contributed by atoms with Crippen LogP contribution in [0, 0.1) is 0 Å². The molecule has 94 heavy (non-hydrogen) atoms. The van der Waals surface area contributed by atoms with Gasteiger partial charge in [-0.1, -0.05) is 156 Å². The first-order valence-electron chi connectivity index (χ1n) is 34.3. The van der Waals surface area contributed by atoms with E-state index >= 15 is 0 Å². The molecule has 6 aromatic carbocycles. The number of urea groups is 3. The third-order valence-corrected chi connectivity index (χ3v) is 18.9. The van der Waals surface area contributed by atoms with E-state index in [1.165, 1.54) is 48.9 Å². The van der Waals surface area contributed by atoms with Crippen LogP contribution in [0.2, 0.25) is 5.02 Å². The van der Waals surface area contributed by atoms with Gasteiger partial charge in [0.2, 0.25) is 6.79 Å². The molecule has 0 aromatic heterocycles. The van der Waals surface area contributed by atoms with Crippen LogP contribution in [0.25, 0.3) is 0 Å². The summed E-state index contributed by atoms with van der Waals surface area (Å²) in [5.74, 6) is 1.73. The zero-order valence-corrected chi connectivity index (χ0v) is 57.2. The zero-order valence-electron chi connectivity index (χ0n) is 56.4. The van der Waals surface area contributed by atoms with Gasteiger partial charge < -0.3 is 54.8 Å². The van der Waals surface area contributed by atoms with E-state index < -0.39 is 17.8 Å². The number of anilines is 3. The molecule has 4 heterocycles. The summed E-state index contributed by atoms with van der Waals surface area (Å²) in [6.07, 6.45) is 8.39. The van der Waals surface area contributed by atoms with E-state index in [9.17, 15) is 27.6 Å². The summed E-state index contributed by atoms with van der Waals surface area (Å²) in [6, 6.07) is 47.6. The Bertz CT molecular complexity index is 3270. The lowest BCUT2D eigenvalue weighted by Gasteiger charge is -2.40. The number of alkyl halides is 3. The molecular formula is C76H101ClF3N9O5. The van der Waals surface area contributed by atoms with Crippen LogP contribution in [0.5, 0.6) is 11.5 Å². The molecule has 0 saturated carbocycles. The smallest absolute Gasteiger partial charge is 0.416 e. The molecule has 2 unspecified atom stereocenters. The highest BCUT2D eigenvalue weighted by molar-refractivity contribution is 6.30. The maximum atomic E-state index is 13.4. The Hall–Kier alpha value is -7.31. The number of halogens is 4. The number of piperidine rings is 3. The molecule has 508 valence electrons. The number of nitrogens with zero attached hydrogens (tertiary/aromatic N) is 6. The van der Waals surface area contributed by atoms with Gasteiger partial charge in [-0.05, 0) is 167 Å². The quantitative estimate of drug-likeness (QED) is 0.0614. The molecule has 0 bridgehead atoms. The van der Waals surface area contributed by atoms with Gasteiger partial charge in [-0.15, -0.1) is 0 Å². The largest absolute Gasteiger partial charge is 0.454 e. The average molecular weight is 1310 g/mol. The lowest BCUT2D eigenvalue weighted by atomic mass is 10.00. The van der Waals surface area contributed by atoms with Crippen LogP contribution in [-0.4, -0.2) is 130 Å². The Morgan fingerprint density at radius 2 is 0.957 bits per heavy atom. The second-order valence-electron chi connectivity index (χ2n) is 25.9. The number of hydrogen-bond acceptors (Lipinski definition) is 8. The van der Waals surface area contributed by atoms with Crippen LogP contribution in [0.3, 0.4) is 0 Å². The predicted octanol–water partition coefficient (Wildman–Crippen LogP) is 18.3. The van der Waals surface area contributed by atoms with E-state index in [4.69, 9.17) is 21.1 Å². The Kier molecular flexibility index (Phi) is 28.2. The summed E-state index contributed by atoms with van der Waals surface area (Å²) in [4.78, 5) is 53.3. The fourth-order valence-corrected chi connectivity index (χ4v) is 13.3. The molecule has 4 aliphatic heterocycles. The van der Waals surface area contributed by atoms with Crippen molar-refractivity contribution in [2.45, 2.75) is 187 Å². The Morgan fingerprint density at radius 3 is 1.43 bits per heavy atom. The topological polar surface area (TPSA) is 125 Å². The van der Waals surface area contributed by atoms with Gasteiger partial charge in [-0.3, -0.25) is 0 Å². The van der Waals surface area contributed by atoms with Crippen LogP contribution in [0.1, 0.15) is 159 Å². The number of fused-ring (bicyclic) bond motifs is 1. The first-order chi connectivity index (χ1) is 45.4. The highest BCUT2D eigenvalue weighted by atomic mass is 35.5. The Labute approximate surface area is 562 Å². The van der Waals surface area contributed by atoms with Crippen LogP contribution < -0.4 is 25.4 Å². The van der Waals surface area contributed by atoms with E-state index in [0.717, 1.165) is 132 Å². The average Bonchev–Trinajstić information content (AvgIpc) is 1.24. The summed E-state index contributed by atoms with van der Waals surface area (Å²) in [5.41, 5.74) is 5.37. The van der Waals surface area contributed by atoms with Crippen molar-refractivity contribution in [3.05, 3.63) is 184 Å². The van der Waals surface area contributed by atoms with Crippen LogP contribution in [-0.2, 0) is 25.8 Å². The molecule has 3 saturated heterocycles. The van der Waals surface area contributed by atoms with E-state index in [-0.39, 0.29) is 42.7 Å². The summed E-state index contributed by atoms with van der Waals surface area (Å²) >= 11 is 6.09. The lowest BCUT2D eigenvalue weighted by molar-refractivity contribution is -0.137. The van der Waals surface area contributed by atoms with Crippen LogP contribution in [0.15, 0.2) is 152 Å². The summed E-state index contributed by atoms with van der Waals surface area (Å²) < 4.78 is 50.2. The number of rotatable bonds is 22. The molecule has 3 N–H and O–H groups in total. The fourth-order valence-electron chi connectivity index (χ4n) is 13.1. The minimum atomic E-state index is -4.47. The number of nitrogens with one attached hydrogen (secondary N) is 3.